The highest BCUT2D eigenvalue weighted by Gasteiger charge is 2.25. The number of terminal acetylenes is 1. The molecule has 4 nitrogen and oxygen atoms in total. The van der Waals surface area contributed by atoms with Gasteiger partial charge < -0.3 is 4.74 Å². The third-order valence-electron chi connectivity index (χ3n) is 3.31. The molecule has 0 unspecified atom stereocenters. The molecule has 0 saturated carbocycles. The number of rotatable bonds is 4. The highest BCUT2D eigenvalue weighted by atomic mass is 16.5. The van der Waals surface area contributed by atoms with E-state index in [2.05, 4.69) is 15.8 Å². The van der Waals surface area contributed by atoms with Crippen LogP contribution in [0.25, 0.3) is 0 Å². The molecule has 1 fully saturated rings. The maximum absolute atomic E-state index is 11.9. The van der Waals surface area contributed by atoms with E-state index in [4.69, 9.17) is 11.2 Å². The zero-order valence-corrected chi connectivity index (χ0v) is 11.1. The minimum atomic E-state index is -0.316. The first-order valence-corrected chi connectivity index (χ1v) is 6.47. The highest BCUT2D eigenvalue weighted by molar-refractivity contribution is 5.89. The Kier molecular flexibility index (Phi) is 4.53. The first-order chi connectivity index (χ1) is 9.20. The van der Waals surface area contributed by atoms with Crippen LogP contribution in [0.4, 0.5) is 0 Å². The van der Waals surface area contributed by atoms with Gasteiger partial charge in [0.15, 0.2) is 0 Å². The summed E-state index contributed by atoms with van der Waals surface area (Å²) in [5.41, 5.74) is 1.45. The van der Waals surface area contributed by atoms with E-state index in [0.717, 1.165) is 24.9 Å². The fourth-order valence-corrected chi connectivity index (χ4v) is 2.33. The average molecular weight is 258 g/mol. The second kappa shape index (κ2) is 6.35. The molecule has 2 heterocycles. The molecule has 1 aliphatic rings. The van der Waals surface area contributed by atoms with Crippen molar-refractivity contribution in [2.45, 2.75) is 25.8 Å². The zero-order valence-electron chi connectivity index (χ0n) is 11.1. The Morgan fingerprint density at radius 3 is 3.21 bits per heavy atom. The summed E-state index contributed by atoms with van der Waals surface area (Å²) in [7, 11) is 0. The summed E-state index contributed by atoms with van der Waals surface area (Å²) in [5.74, 6) is 2.33. The summed E-state index contributed by atoms with van der Waals surface area (Å²) in [6, 6.07) is 2.03. The second-order valence-corrected chi connectivity index (χ2v) is 4.82. The SMILES string of the molecule is C#CCN1CCC[C@H]1COC(=O)c1cncc(C)c1. The maximum Gasteiger partial charge on any atom is 0.339 e. The molecule has 1 atom stereocenters. The van der Waals surface area contributed by atoms with Gasteiger partial charge in [-0.25, -0.2) is 4.79 Å². The van der Waals surface area contributed by atoms with Crippen molar-refractivity contribution in [3.8, 4) is 12.3 Å². The molecule has 1 aromatic rings. The molecule has 0 radical (unpaired) electrons. The predicted octanol–water partition coefficient (Wildman–Crippen LogP) is 1.64. The van der Waals surface area contributed by atoms with Crippen LogP contribution in [-0.2, 0) is 4.74 Å². The van der Waals surface area contributed by atoms with Gasteiger partial charge in [0.1, 0.15) is 6.61 Å². The van der Waals surface area contributed by atoms with Crippen molar-refractivity contribution in [2.24, 2.45) is 0 Å². The quantitative estimate of drug-likeness (QED) is 0.608. The van der Waals surface area contributed by atoms with Crippen LogP contribution in [0.2, 0.25) is 0 Å². The van der Waals surface area contributed by atoms with Gasteiger partial charge >= 0.3 is 5.97 Å². The molecule has 2 rings (SSSR count). The normalized spacial score (nSPS) is 19.1. The number of aromatic nitrogens is 1. The van der Waals surface area contributed by atoms with Crippen LogP contribution < -0.4 is 0 Å². The van der Waals surface area contributed by atoms with Crippen molar-refractivity contribution >= 4 is 5.97 Å². The third kappa shape index (κ3) is 3.55. The number of ether oxygens (including phenoxy) is 1. The van der Waals surface area contributed by atoms with E-state index < -0.39 is 0 Å². The molecular weight excluding hydrogens is 240 g/mol. The monoisotopic (exact) mass is 258 g/mol. The Morgan fingerprint density at radius 1 is 1.63 bits per heavy atom. The largest absolute Gasteiger partial charge is 0.460 e. The summed E-state index contributed by atoms with van der Waals surface area (Å²) in [6.45, 7) is 3.90. The Morgan fingerprint density at radius 2 is 2.47 bits per heavy atom. The smallest absolute Gasteiger partial charge is 0.339 e. The number of hydrogen-bond acceptors (Lipinski definition) is 4. The van der Waals surface area contributed by atoms with Gasteiger partial charge in [0.05, 0.1) is 12.1 Å². The maximum atomic E-state index is 11.9. The van der Waals surface area contributed by atoms with Crippen LogP contribution >= 0.6 is 0 Å². The Balaban J connectivity index is 1.88. The van der Waals surface area contributed by atoms with Gasteiger partial charge in [0, 0.05) is 18.4 Å². The zero-order chi connectivity index (χ0) is 13.7. The number of aryl methyl sites for hydroxylation is 1. The lowest BCUT2D eigenvalue weighted by Crippen LogP contribution is -2.34. The summed E-state index contributed by atoms with van der Waals surface area (Å²) >= 11 is 0. The van der Waals surface area contributed by atoms with Gasteiger partial charge in [-0.05, 0) is 37.9 Å². The van der Waals surface area contributed by atoms with Gasteiger partial charge in [-0.15, -0.1) is 6.42 Å². The van der Waals surface area contributed by atoms with Gasteiger partial charge in [0.25, 0.3) is 0 Å². The molecule has 100 valence electrons. The lowest BCUT2D eigenvalue weighted by atomic mass is 10.2. The van der Waals surface area contributed by atoms with Crippen molar-refractivity contribution in [3.05, 3.63) is 29.6 Å². The van der Waals surface area contributed by atoms with E-state index in [0.29, 0.717) is 18.7 Å². The van der Waals surface area contributed by atoms with E-state index in [1.54, 1.807) is 12.3 Å². The summed E-state index contributed by atoms with van der Waals surface area (Å²) < 4.78 is 5.35. The number of esters is 1. The number of carbonyl (C=O) groups excluding carboxylic acids is 1. The second-order valence-electron chi connectivity index (χ2n) is 4.82. The lowest BCUT2D eigenvalue weighted by molar-refractivity contribution is 0.0407. The van der Waals surface area contributed by atoms with E-state index in [1.807, 2.05) is 6.92 Å². The molecule has 0 aliphatic carbocycles. The van der Waals surface area contributed by atoms with Gasteiger partial charge in [-0.1, -0.05) is 5.92 Å². The van der Waals surface area contributed by atoms with Crippen molar-refractivity contribution in [1.82, 2.24) is 9.88 Å². The number of carbonyl (C=O) groups is 1. The molecular formula is C15H18N2O2. The molecule has 0 bridgehead atoms. The Labute approximate surface area is 113 Å². The number of hydrogen-bond donors (Lipinski definition) is 0. The fourth-order valence-electron chi connectivity index (χ4n) is 2.33. The number of pyridine rings is 1. The number of nitrogens with zero attached hydrogens (tertiary/aromatic N) is 2. The molecule has 0 spiro atoms. The molecule has 19 heavy (non-hydrogen) atoms. The van der Waals surface area contributed by atoms with Crippen molar-refractivity contribution in [3.63, 3.8) is 0 Å². The molecule has 1 saturated heterocycles. The predicted molar refractivity (Wildman–Crippen MR) is 72.7 cm³/mol. The lowest BCUT2D eigenvalue weighted by Gasteiger charge is -2.21. The van der Waals surface area contributed by atoms with Crippen LogP contribution in [0.3, 0.4) is 0 Å². The standard InChI is InChI=1S/C15H18N2O2/c1-3-6-17-7-4-5-14(17)11-19-15(18)13-8-12(2)9-16-10-13/h1,8-10,14H,4-7,11H2,2H3/t14-/m0/s1. The van der Waals surface area contributed by atoms with Crippen molar-refractivity contribution in [2.75, 3.05) is 19.7 Å². The molecule has 1 aromatic heterocycles. The minimum Gasteiger partial charge on any atom is -0.460 e. The first kappa shape index (κ1) is 13.6. The molecule has 0 N–H and O–H groups in total. The Hall–Kier alpha value is -1.86. The van der Waals surface area contributed by atoms with Crippen molar-refractivity contribution in [1.29, 1.82) is 0 Å². The molecule has 0 amide bonds. The topological polar surface area (TPSA) is 42.4 Å². The molecule has 4 heteroatoms. The molecule has 1 aliphatic heterocycles. The van der Waals surface area contributed by atoms with Crippen molar-refractivity contribution < 1.29 is 9.53 Å². The first-order valence-electron chi connectivity index (χ1n) is 6.47. The van der Waals surface area contributed by atoms with Gasteiger partial charge in [-0.2, -0.15) is 0 Å². The summed E-state index contributed by atoms with van der Waals surface area (Å²) in [5, 5.41) is 0. The van der Waals surface area contributed by atoms with Crippen LogP contribution in [-0.4, -0.2) is 41.6 Å². The average Bonchev–Trinajstić information content (AvgIpc) is 2.84. The van der Waals surface area contributed by atoms with E-state index in [1.165, 1.54) is 6.20 Å². The summed E-state index contributed by atoms with van der Waals surface area (Å²) in [4.78, 5) is 18.1. The van der Waals surface area contributed by atoms with E-state index >= 15 is 0 Å². The minimum absolute atomic E-state index is 0.248. The molecule has 0 aromatic carbocycles. The van der Waals surface area contributed by atoms with Crippen LogP contribution in [0.1, 0.15) is 28.8 Å². The summed E-state index contributed by atoms with van der Waals surface area (Å²) in [6.07, 6.45) is 10.7. The van der Waals surface area contributed by atoms with Gasteiger partial charge in [0.2, 0.25) is 0 Å². The van der Waals surface area contributed by atoms with E-state index in [-0.39, 0.29) is 12.0 Å². The van der Waals surface area contributed by atoms with Crippen LogP contribution in [0.15, 0.2) is 18.5 Å². The third-order valence-corrected chi connectivity index (χ3v) is 3.31. The van der Waals surface area contributed by atoms with Crippen LogP contribution in [0, 0.1) is 19.3 Å². The van der Waals surface area contributed by atoms with Gasteiger partial charge in [-0.3, -0.25) is 9.88 Å². The number of likely N-dealkylation sites (tertiary alicyclic amines) is 1. The van der Waals surface area contributed by atoms with E-state index in [9.17, 15) is 4.79 Å². The van der Waals surface area contributed by atoms with Crippen LogP contribution in [0.5, 0.6) is 0 Å². The Bertz CT molecular complexity index is 493. The highest BCUT2D eigenvalue weighted by Crippen LogP contribution is 2.17. The fraction of sp³-hybridized carbons (Fsp3) is 0.467.